The van der Waals surface area contributed by atoms with E-state index in [4.69, 9.17) is 11.6 Å². The van der Waals surface area contributed by atoms with Crippen LogP contribution in [0.1, 0.15) is 30.0 Å². The van der Waals surface area contributed by atoms with Crippen LogP contribution in [0.3, 0.4) is 0 Å². The number of benzene rings is 3. The van der Waals surface area contributed by atoms with E-state index >= 15 is 0 Å². The molecule has 1 atom stereocenters. The first-order valence-electron chi connectivity index (χ1n) is 12.5. The predicted octanol–water partition coefficient (Wildman–Crippen LogP) is 4.58. The van der Waals surface area contributed by atoms with Crippen molar-refractivity contribution in [1.82, 2.24) is 10.2 Å². The van der Waals surface area contributed by atoms with E-state index in [1.54, 1.807) is 24.3 Å². The third kappa shape index (κ3) is 8.33. The van der Waals surface area contributed by atoms with Gasteiger partial charge in [0.1, 0.15) is 12.6 Å². The third-order valence-corrected chi connectivity index (χ3v) is 7.48. The van der Waals surface area contributed by atoms with E-state index in [1.165, 1.54) is 4.90 Å². The third-order valence-electron chi connectivity index (χ3n) is 6.09. The molecule has 38 heavy (non-hydrogen) atoms. The summed E-state index contributed by atoms with van der Waals surface area (Å²) in [5.41, 5.74) is 3.11. The Kier molecular flexibility index (Phi) is 10.3. The fourth-order valence-corrected chi connectivity index (χ4v) is 5.01. The molecule has 3 aromatic rings. The Morgan fingerprint density at radius 1 is 0.921 bits per heavy atom. The molecule has 0 spiro atoms. The number of carbonyl (C=O) groups excluding carboxylic acids is 2. The average Bonchev–Trinajstić information content (AvgIpc) is 2.89. The largest absolute Gasteiger partial charge is 0.354 e. The molecule has 0 saturated heterocycles. The summed E-state index contributed by atoms with van der Waals surface area (Å²) in [6.45, 7) is 4.08. The molecule has 0 aliphatic heterocycles. The standard InChI is InChI=1S/C29H34ClN3O4S/c1-4-18-31-29(35)27(19-23-8-6-5-7-9-23)32(20-24-12-10-22(2)11-13-24)28(34)21-33(38(3,36)37)26-16-14-25(30)15-17-26/h5-17,27H,4,18-21H2,1-3H3,(H,31,35)/t27-/m1/s1. The van der Waals surface area contributed by atoms with Crippen LogP contribution in [-0.2, 0) is 32.6 Å². The maximum atomic E-state index is 13.9. The van der Waals surface area contributed by atoms with Gasteiger partial charge in [0.15, 0.2) is 0 Å². The average molecular weight is 556 g/mol. The molecule has 1 N–H and O–H groups in total. The van der Waals surface area contributed by atoms with E-state index in [-0.39, 0.29) is 18.9 Å². The Morgan fingerprint density at radius 2 is 1.55 bits per heavy atom. The molecule has 0 saturated carbocycles. The number of anilines is 1. The first kappa shape index (κ1) is 29.2. The zero-order valence-corrected chi connectivity index (χ0v) is 23.5. The maximum Gasteiger partial charge on any atom is 0.244 e. The van der Waals surface area contributed by atoms with E-state index < -0.39 is 28.5 Å². The molecule has 0 unspecified atom stereocenters. The van der Waals surface area contributed by atoms with E-state index in [1.807, 2.05) is 68.4 Å². The smallest absolute Gasteiger partial charge is 0.244 e. The van der Waals surface area contributed by atoms with Gasteiger partial charge in [-0.25, -0.2) is 8.42 Å². The molecule has 9 heteroatoms. The van der Waals surface area contributed by atoms with Crippen molar-refractivity contribution in [3.63, 3.8) is 0 Å². The van der Waals surface area contributed by atoms with Gasteiger partial charge in [0, 0.05) is 24.5 Å². The normalized spacial score (nSPS) is 12.0. The Labute approximate surface area is 230 Å². The lowest BCUT2D eigenvalue weighted by molar-refractivity contribution is -0.140. The van der Waals surface area contributed by atoms with Gasteiger partial charge in [-0.1, -0.05) is 78.7 Å². The summed E-state index contributed by atoms with van der Waals surface area (Å²) in [5, 5.41) is 3.37. The van der Waals surface area contributed by atoms with Crippen LogP contribution in [0.4, 0.5) is 5.69 Å². The van der Waals surface area contributed by atoms with Gasteiger partial charge in [-0.2, -0.15) is 0 Å². The van der Waals surface area contributed by atoms with Gasteiger partial charge in [0.2, 0.25) is 21.8 Å². The van der Waals surface area contributed by atoms with Crippen molar-refractivity contribution in [2.45, 2.75) is 39.3 Å². The van der Waals surface area contributed by atoms with Gasteiger partial charge < -0.3 is 10.2 Å². The van der Waals surface area contributed by atoms with Crippen molar-refractivity contribution in [3.8, 4) is 0 Å². The number of hydrogen-bond donors (Lipinski definition) is 1. The van der Waals surface area contributed by atoms with E-state index in [2.05, 4.69) is 5.32 Å². The summed E-state index contributed by atoms with van der Waals surface area (Å²) in [6, 6.07) is 22.6. The van der Waals surface area contributed by atoms with Crippen molar-refractivity contribution in [2.24, 2.45) is 0 Å². The molecular weight excluding hydrogens is 522 g/mol. The van der Waals surface area contributed by atoms with Crippen LogP contribution in [-0.4, -0.2) is 50.5 Å². The molecule has 202 valence electrons. The number of nitrogens with one attached hydrogen (secondary N) is 1. The molecule has 0 fully saturated rings. The fraction of sp³-hybridized carbons (Fsp3) is 0.310. The molecule has 0 bridgehead atoms. The topological polar surface area (TPSA) is 86.8 Å². The van der Waals surface area contributed by atoms with E-state index in [0.717, 1.165) is 33.7 Å². The number of sulfonamides is 1. The van der Waals surface area contributed by atoms with Gasteiger partial charge in [-0.15, -0.1) is 0 Å². The van der Waals surface area contributed by atoms with Gasteiger partial charge in [0.25, 0.3) is 0 Å². The van der Waals surface area contributed by atoms with E-state index in [0.29, 0.717) is 17.3 Å². The molecule has 0 aromatic heterocycles. The minimum Gasteiger partial charge on any atom is -0.354 e. The Hall–Kier alpha value is -3.36. The molecule has 3 rings (SSSR count). The van der Waals surface area contributed by atoms with Gasteiger partial charge in [0.05, 0.1) is 11.9 Å². The molecular formula is C29H34ClN3O4S. The number of rotatable bonds is 12. The Morgan fingerprint density at radius 3 is 2.13 bits per heavy atom. The zero-order valence-electron chi connectivity index (χ0n) is 21.9. The van der Waals surface area contributed by atoms with Crippen LogP contribution in [0.25, 0.3) is 0 Å². The van der Waals surface area contributed by atoms with Gasteiger partial charge in [-0.3, -0.25) is 13.9 Å². The quantitative estimate of drug-likeness (QED) is 0.354. The second-order valence-electron chi connectivity index (χ2n) is 9.25. The van der Waals surface area contributed by atoms with Crippen LogP contribution in [0.5, 0.6) is 0 Å². The lowest BCUT2D eigenvalue weighted by atomic mass is 10.0. The molecule has 0 aliphatic carbocycles. The number of halogens is 1. The minimum atomic E-state index is -3.81. The second-order valence-corrected chi connectivity index (χ2v) is 11.6. The van der Waals surface area contributed by atoms with Crippen molar-refractivity contribution in [2.75, 3.05) is 23.7 Å². The molecule has 3 aromatic carbocycles. The molecule has 7 nitrogen and oxygen atoms in total. The van der Waals surface area contributed by atoms with Crippen molar-refractivity contribution in [1.29, 1.82) is 0 Å². The summed E-state index contributed by atoms with van der Waals surface area (Å²) in [6.07, 6.45) is 2.08. The van der Waals surface area contributed by atoms with Gasteiger partial charge in [-0.05, 0) is 48.7 Å². The number of aryl methyl sites for hydroxylation is 1. The van der Waals surface area contributed by atoms with Crippen molar-refractivity contribution >= 4 is 39.1 Å². The SMILES string of the molecule is CCCNC(=O)[C@@H](Cc1ccccc1)N(Cc1ccc(C)cc1)C(=O)CN(c1ccc(Cl)cc1)S(C)(=O)=O. The summed E-state index contributed by atoms with van der Waals surface area (Å²) in [5.74, 6) is -0.771. The van der Waals surface area contributed by atoms with Crippen LogP contribution < -0.4 is 9.62 Å². The monoisotopic (exact) mass is 555 g/mol. The summed E-state index contributed by atoms with van der Waals surface area (Å²) in [4.78, 5) is 28.9. The predicted molar refractivity (Wildman–Crippen MR) is 153 cm³/mol. The lowest BCUT2D eigenvalue weighted by Gasteiger charge is -2.33. The highest BCUT2D eigenvalue weighted by molar-refractivity contribution is 7.92. The molecule has 0 heterocycles. The fourth-order valence-electron chi connectivity index (χ4n) is 4.03. The summed E-state index contributed by atoms with van der Waals surface area (Å²) < 4.78 is 26.5. The van der Waals surface area contributed by atoms with Crippen molar-refractivity contribution in [3.05, 3.63) is 101 Å². The highest BCUT2D eigenvalue weighted by Gasteiger charge is 2.32. The summed E-state index contributed by atoms with van der Waals surface area (Å²) >= 11 is 6.00. The Bertz CT molecular complexity index is 1310. The maximum absolute atomic E-state index is 13.9. The van der Waals surface area contributed by atoms with Gasteiger partial charge >= 0.3 is 0 Å². The van der Waals surface area contributed by atoms with Crippen LogP contribution >= 0.6 is 11.6 Å². The van der Waals surface area contributed by atoms with Crippen LogP contribution in [0, 0.1) is 6.92 Å². The highest BCUT2D eigenvalue weighted by atomic mass is 35.5. The number of amides is 2. The number of carbonyl (C=O) groups is 2. The van der Waals surface area contributed by atoms with Crippen molar-refractivity contribution < 1.29 is 18.0 Å². The Balaban J connectivity index is 2.02. The first-order valence-corrected chi connectivity index (χ1v) is 14.7. The lowest BCUT2D eigenvalue weighted by Crippen LogP contribution is -2.53. The number of hydrogen-bond acceptors (Lipinski definition) is 4. The number of nitrogens with zero attached hydrogens (tertiary/aromatic N) is 2. The molecule has 0 radical (unpaired) electrons. The zero-order chi connectivity index (χ0) is 27.7. The second kappa shape index (κ2) is 13.4. The minimum absolute atomic E-state index is 0.147. The first-order chi connectivity index (χ1) is 18.1. The summed E-state index contributed by atoms with van der Waals surface area (Å²) in [7, 11) is -3.81. The van der Waals surface area contributed by atoms with E-state index in [9.17, 15) is 18.0 Å². The van der Waals surface area contributed by atoms with Crippen LogP contribution in [0.15, 0.2) is 78.9 Å². The molecule has 2 amide bonds. The molecule has 0 aliphatic rings. The van der Waals surface area contributed by atoms with Crippen LogP contribution in [0.2, 0.25) is 5.02 Å². The highest BCUT2D eigenvalue weighted by Crippen LogP contribution is 2.22.